The van der Waals surface area contributed by atoms with Crippen LogP contribution in [0.4, 0.5) is 5.69 Å². The SMILES string of the molecule is COCCNC(=O)C(C)NCc1cccc2c1NCCC2. The molecule has 0 aromatic heterocycles. The molecule has 3 N–H and O–H groups in total. The molecule has 1 aliphatic rings. The molecule has 0 saturated heterocycles. The Morgan fingerprint density at radius 1 is 1.48 bits per heavy atom. The van der Waals surface area contributed by atoms with Crippen molar-refractivity contribution in [1.82, 2.24) is 10.6 Å². The minimum absolute atomic E-state index is 0.00445. The fourth-order valence-electron chi connectivity index (χ4n) is 2.51. The summed E-state index contributed by atoms with van der Waals surface area (Å²) in [6.07, 6.45) is 2.31. The average molecular weight is 291 g/mol. The molecule has 0 spiro atoms. The standard InChI is InChI=1S/C16H25N3O2/c1-12(16(20)18-9-10-21-2)19-11-14-6-3-5-13-7-4-8-17-15(13)14/h3,5-6,12,17,19H,4,7-11H2,1-2H3,(H,18,20). The molecule has 5 heteroatoms. The summed E-state index contributed by atoms with van der Waals surface area (Å²) in [5.41, 5.74) is 3.84. The summed E-state index contributed by atoms with van der Waals surface area (Å²) < 4.78 is 4.92. The summed E-state index contributed by atoms with van der Waals surface area (Å²) in [5, 5.41) is 9.59. The van der Waals surface area contributed by atoms with Crippen LogP contribution in [0.1, 0.15) is 24.5 Å². The molecular weight excluding hydrogens is 266 g/mol. The second-order valence-electron chi connectivity index (χ2n) is 5.37. The molecule has 1 aromatic carbocycles. The molecule has 5 nitrogen and oxygen atoms in total. The molecule has 1 atom stereocenters. The summed E-state index contributed by atoms with van der Waals surface area (Å²) in [5.74, 6) is 0.00445. The number of hydrogen-bond donors (Lipinski definition) is 3. The van der Waals surface area contributed by atoms with Gasteiger partial charge in [-0.25, -0.2) is 0 Å². The number of fused-ring (bicyclic) bond motifs is 1. The zero-order valence-electron chi connectivity index (χ0n) is 12.9. The molecule has 21 heavy (non-hydrogen) atoms. The number of rotatable bonds is 7. The number of carbonyl (C=O) groups is 1. The lowest BCUT2D eigenvalue weighted by atomic mass is 9.99. The lowest BCUT2D eigenvalue weighted by Gasteiger charge is -2.22. The number of methoxy groups -OCH3 is 1. The van der Waals surface area contributed by atoms with E-state index >= 15 is 0 Å². The molecule has 1 amide bonds. The fourth-order valence-corrected chi connectivity index (χ4v) is 2.51. The Hall–Kier alpha value is -1.59. The van der Waals surface area contributed by atoms with Crippen LogP contribution in [0.15, 0.2) is 18.2 Å². The second kappa shape index (κ2) is 8.00. The Morgan fingerprint density at radius 2 is 2.33 bits per heavy atom. The maximum absolute atomic E-state index is 11.9. The summed E-state index contributed by atoms with van der Waals surface area (Å²) >= 11 is 0. The molecule has 1 heterocycles. The van der Waals surface area contributed by atoms with Crippen molar-refractivity contribution in [3.63, 3.8) is 0 Å². The van der Waals surface area contributed by atoms with E-state index in [9.17, 15) is 4.79 Å². The lowest BCUT2D eigenvalue weighted by molar-refractivity contribution is -0.122. The minimum Gasteiger partial charge on any atom is -0.385 e. The van der Waals surface area contributed by atoms with Gasteiger partial charge in [-0.1, -0.05) is 18.2 Å². The maximum atomic E-state index is 11.9. The van der Waals surface area contributed by atoms with Gasteiger partial charge in [0.1, 0.15) is 0 Å². The third-order valence-electron chi connectivity index (χ3n) is 3.76. The highest BCUT2D eigenvalue weighted by atomic mass is 16.5. The van der Waals surface area contributed by atoms with Crippen molar-refractivity contribution in [3.8, 4) is 0 Å². The average Bonchev–Trinajstić information content (AvgIpc) is 2.52. The summed E-state index contributed by atoms with van der Waals surface area (Å²) in [6, 6.07) is 6.15. The van der Waals surface area contributed by atoms with Crippen LogP contribution < -0.4 is 16.0 Å². The molecule has 0 fully saturated rings. The number of ether oxygens (including phenoxy) is 1. The van der Waals surface area contributed by atoms with Crippen molar-refractivity contribution in [1.29, 1.82) is 0 Å². The van der Waals surface area contributed by atoms with E-state index in [1.807, 2.05) is 6.92 Å². The highest BCUT2D eigenvalue weighted by Gasteiger charge is 2.15. The van der Waals surface area contributed by atoms with E-state index in [0.717, 1.165) is 13.0 Å². The van der Waals surface area contributed by atoms with Crippen molar-refractivity contribution in [2.45, 2.75) is 32.4 Å². The monoisotopic (exact) mass is 291 g/mol. The third kappa shape index (κ3) is 4.44. The number of aryl methyl sites for hydroxylation is 1. The van der Waals surface area contributed by atoms with Gasteiger partial charge in [0.2, 0.25) is 5.91 Å². The molecule has 1 aliphatic heterocycles. The molecule has 0 aliphatic carbocycles. The quantitative estimate of drug-likeness (QED) is 0.662. The summed E-state index contributed by atoms with van der Waals surface area (Å²) in [4.78, 5) is 11.9. The van der Waals surface area contributed by atoms with Crippen molar-refractivity contribution < 1.29 is 9.53 Å². The molecule has 116 valence electrons. The van der Waals surface area contributed by atoms with Crippen LogP contribution in [0.25, 0.3) is 0 Å². The first-order valence-electron chi connectivity index (χ1n) is 7.57. The van der Waals surface area contributed by atoms with E-state index in [1.54, 1.807) is 7.11 Å². The van der Waals surface area contributed by atoms with Crippen LogP contribution in [0.2, 0.25) is 0 Å². The number of nitrogens with one attached hydrogen (secondary N) is 3. The number of benzene rings is 1. The van der Waals surface area contributed by atoms with E-state index in [-0.39, 0.29) is 11.9 Å². The first kappa shape index (κ1) is 15.8. The molecule has 2 rings (SSSR count). The molecule has 0 saturated carbocycles. The van der Waals surface area contributed by atoms with Crippen molar-refractivity contribution in [3.05, 3.63) is 29.3 Å². The predicted octanol–water partition coefficient (Wildman–Crippen LogP) is 1.29. The highest BCUT2D eigenvalue weighted by Crippen LogP contribution is 2.25. The zero-order chi connectivity index (χ0) is 15.1. The second-order valence-corrected chi connectivity index (χ2v) is 5.37. The fraction of sp³-hybridized carbons (Fsp3) is 0.562. The molecule has 0 bridgehead atoms. The van der Waals surface area contributed by atoms with Crippen LogP contribution in [0, 0.1) is 0 Å². The number of amides is 1. The number of para-hydroxylation sites is 1. The van der Waals surface area contributed by atoms with Crippen LogP contribution in [0.5, 0.6) is 0 Å². The van der Waals surface area contributed by atoms with E-state index in [1.165, 1.54) is 23.2 Å². The van der Waals surface area contributed by atoms with Crippen molar-refractivity contribution in [2.24, 2.45) is 0 Å². The van der Waals surface area contributed by atoms with Gasteiger partial charge < -0.3 is 20.7 Å². The number of anilines is 1. The molecule has 1 aromatic rings. The van der Waals surface area contributed by atoms with Gasteiger partial charge in [0.05, 0.1) is 12.6 Å². The van der Waals surface area contributed by atoms with Crippen molar-refractivity contribution in [2.75, 3.05) is 32.1 Å². The molecule has 0 radical (unpaired) electrons. The Morgan fingerprint density at radius 3 is 3.14 bits per heavy atom. The van der Waals surface area contributed by atoms with Gasteiger partial charge in [0, 0.05) is 32.4 Å². The third-order valence-corrected chi connectivity index (χ3v) is 3.76. The van der Waals surface area contributed by atoms with Gasteiger partial charge >= 0.3 is 0 Å². The van der Waals surface area contributed by atoms with Gasteiger partial charge in [0.25, 0.3) is 0 Å². The Balaban J connectivity index is 1.86. The van der Waals surface area contributed by atoms with E-state index in [0.29, 0.717) is 19.7 Å². The highest BCUT2D eigenvalue weighted by molar-refractivity contribution is 5.81. The first-order chi connectivity index (χ1) is 10.2. The normalized spacial score (nSPS) is 15.0. The topological polar surface area (TPSA) is 62.4 Å². The van der Waals surface area contributed by atoms with Crippen LogP contribution in [-0.4, -0.2) is 38.8 Å². The van der Waals surface area contributed by atoms with Crippen LogP contribution >= 0.6 is 0 Å². The van der Waals surface area contributed by atoms with Gasteiger partial charge in [-0.2, -0.15) is 0 Å². The van der Waals surface area contributed by atoms with Gasteiger partial charge in [-0.05, 0) is 30.9 Å². The molecular formula is C16H25N3O2. The van der Waals surface area contributed by atoms with E-state index < -0.39 is 0 Å². The summed E-state index contributed by atoms with van der Waals surface area (Å²) in [7, 11) is 1.62. The smallest absolute Gasteiger partial charge is 0.236 e. The van der Waals surface area contributed by atoms with Gasteiger partial charge in [-0.3, -0.25) is 4.79 Å². The number of hydrogen-bond acceptors (Lipinski definition) is 4. The van der Waals surface area contributed by atoms with Crippen LogP contribution in [-0.2, 0) is 22.5 Å². The Kier molecular flexibility index (Phi) is 6.02. The zero-order valence-corrected chi connectivity index (χ0v) is 12.9. The predicted molar refractivity (Wildman–Crippen MR) is 84.4 cm³/mol. The summed E-state index contributed by atoms with van der Waals surface area (Å²) in [6.45, 7) is 4.68. The van der Waals surface area contributed by atoms with E-state index in [2.05, 4.69) is 34.1 Å². The minimum atomic E-state index is -0.221. The van der Waals surface area contributed by atoms with Gasteiger partial charge in [0.15, 0.2) is 0 Å². The number of carbonyl (C=O) groups excluding carboxylic acids is 1. The first-order valence-corrected chi connectivity index (χ1v) is 7.57. The lowest BCUT2D eigenvalue weighted by Crippen LogP contribution is -2.42. The largest absolute Gasteiger partial charge is 0.385 e. The van der Waals surface area contributed by atoms with Crippen LogP contribution in [0.3, 0.4) is 0 Å². The van der Waals surface area contributed by atoms with E-state index in [4.69, 9.17) is 4.74 Å². The Labute approximate surface area is 126 Å². The maximum Gasteiger partial charge on any atom is 0.236 e. The van der Waals surface area contributed by atoms with Crippen molar-refractivity contribution >= 4 is 11.6 Å². The molecule has 1 unspecified atom stereocenters. The Bertz CT molecular complexity index is 477. The van der Waals surface area contributed by atoms with Gasteiger partial charge in [-0.15, -0.1) is 0 Å².